The van der Waals surface area contributed by atoms with Crippen LogP contribution >= 0.6 is 7.92 Å². The van der Waals surface area contributed by atoms with E-state index in [1.54, 1.807) is 0 Å². The van der Waals surface area contributed by atoms with Gasteiger partial charge in [-0.2, -0.15) is 0 Å². The van der Waals surface area contributed by atoms with Crippen LogP contribution in [-0.2, 0) is 0 Å². The summed E-state index contributed by atoms with van der Waals surface area (Å²) in [7, 11) is -0.930. The van der Waals surface area contributed by atoms with Crippen molar-refractivity contribution in [3.05, 3.63) is 125 Å². The van der Waals surface area contributed by atoms with Gasteiger partial charge in [0.15, 0.2) is 0 Å². The Morgan fingerprint density at radius 1 is 0.487 bits per heavy atom. The fourth-order valence-corrected chi connectivity index (χ4v) is 8.76. The van der Waals surface area contributed by atoms with Crippen LogP contribution < -0.4 is 27.4 Å². The molecule has 0 heterocycles. The second-order valence-electron chi connectivity index (χ2n) is 10.7. The molecule has 0 aromatic heterocycles. The number of rotatable bonds is 4. The molecule has 3 heteroatoms. The van der Waals surface area contributed by atoms with Crippen LogP contribution in [0.1, 0.15) is 22.3 Å². The second kappa shape index (κ2) is 9.88. The van der Waals surface area contributed by atoms with Crippen molar-refractivity contribution >= 4 is 56.8 Å². The molecule has 0 saturated heterocycles. The molecular weight excluding hydrogens is 491 g/mol. The monoisotopic (exact) mass is 524 g/mol. The summed E-state index contributed by atoms with van der Waals surface area (Å²) in [5.41, 5.74) is 22.7. The van der Waals surface area contributed by atoms with Gasteiger partial charge in [-0.15, -0.1) is 0 Å². The molecule has 4 N–H and O–H groups in total. The lowest BCUT2D eigenvalue weighted by atomic mass is 9.91. The lowest BCUT2D eigenvalue weighted by Crippen LogP contribution is -2.24. The normalized spacial score (nSPS) is 11.5. The van der Waals surface area contributed by atoms with E-state index in [2.05, 4.69) is 125 Å². The largest absolute Gasteiger partial charge is 0.398 e. The number of nitrogens with two attached hydrogens (primary N) is 2. The van der Waals surface area contributed by atoms with Crippen molar-refractivity contribution in [1.82, 2.24) is 0 Å². The van der Waals surface area contributed by atoms with Crippen LogP contribution in [0.25, 0.3) is 32.7 Å². The van der Waals surface area contributed by atoms with Crippen molar-refractivity contribution in [2.24, 2.45) is 0 Å². The molecule has 0 aliphatic rings. The first-order valence-electron chi connectivity index (χ1n) is 13.4. The van der Waals surface area contributed by atoms with Gasteiger partial charge < -0.3 is 11.5 Å². The summed E-state index contributed by atoms with van der Waals surface area (Å²) < 4.78 is 0. The third-order valence-electron chi connectivity index (χ3n) is 7.45. The minimum Gasteiger partial charge on any atom is -0.398 e. The molecule has 0 bridgehead atoms. The second-order valence-corrected chi connectivity index (χ2v) is 12.9. The zero-order valence-corrected chi connectivity index (χ0v) is 23.8. The van der Waals surface area contributed by atoms with E-state index in [1.807, 2.05) is 6.07 Å². The van der Waals surface area contributed by atoms with Crippen LogP contribution in [0.15, 0.2) is 103 Å². The summed E-state index contributed by atoms with van der Waals surface area (Å²) >= 11 is 0. The van der Waals surface area contributed by atoms with Gasteiger partial charge in [0.2, 0.25) is 0 Å². The zero-order valence-electron chi connectivity index (χ0n) is 22.9. The molecule has 6 aromatic carbocycles. The van der Waals surface area contributed by atoms with Gasteiger partial charge >= 0.3 is 0 Å². The van der Waals surface area contributed by atoms with Crippen molar-refractivity contribution < 1.29 is 0 Å². The summed E-state index contributed by atoms with van der Waals surface area (Å²) in [5, 5.41) is 8.36. The average molecular weight is 525 g/mol. The van der Waals surface area contributed by atoms with E-state index in [4.69, 9.17) is 11.5 Å². The molecule has 0 spiro atoms. The Morgan fingerprint density at radius 2 is 0.974 bits per heavy atom. The van der Waals surface area contributed by atoms with Gasteiger partial charge in [0.1, 0.15) is 0 Å². The molecule has 0 aliphatic carbocycles. The van der Waals surface area contributed by atoms with Crippen molar-refractivity contribution in [2.75, 3.05) is 11.5 Å². The first-order chi connectivity index (χ1) is 18.8. The van der Waals surface area contributed by atoms with Crippen LogP contribution in [0.3, 0.4) is 0 Å². The molecule has 6 rings (SSSR count). The Kier molecular flexibility index (Phi) is 6.37. The first-order valence-corrected chi connectivity index (χ1v) is 14.7. The molecular formula is C36H33N2P. The first kappa shape index (κ1) is 25.2. The van der Waals surface area contributed by atoms with E-state index in [-0.39, 0.29) is 0 Å². The van der Waals surface area contributed by atoms with Crippen LogP contribution in [0.5, 0.6) is 0 Å². The molecule has 39 heavy (non-hydrogen) atoms. The highest BCUT2D eigenvalue weighted by molar-refractivity contribution is 7.80. The van der Waals surface area contributed by atoms with Gasteiger partial charge in [0.25, 0.3) is 0 Å². The van der Waals surface area contributed by atoms with Crippen molar-refractivity contribution in [1.29, 1.82) is 0 Å². The summed E-state index contributed by atoms with van der Waals surface area (Å²) in [6.07, 6.45) is 0. The number of anilines is 2. The van der Waals surface area contributed by atoms with E-state index in [1.165, 1.54) is 43.6 Å². The number of hydrogen-bond acceptors (Lipinski definition) is 2. The van der Waals surface area contributed by atoms with Crippen LogP contribution in [-0.4, -0.2) is 0 Å². The van der Waals surface area contributed by atoms with Gasteiger partial charge in [-0.1, -0.05) is 113 Å². The molecule has 0 saturated carbocycles. The third kappa shape index (κ3) is 4.56. The zero-order chi connectivity index (χ0) is 27.3. The Morgan fingerprint density at radius 3 is 1.54 bits per heavy atom. The molecule has 0 fully saturated rings. The van der Waals surface area contributed by atoms with E-state index in [9.17, 15) is 0 Å². The van der Waals surface area contributed by atoms with E-state index >= 15 is 0 Å². The molecule has 6 aromatic rings. The highest BCUT2D eigenvalue weighted by Crippen LogP contribution is 2.45. The summed E-state index contributed by atoms with van der Waals surface area (Å²) in [6, 6.07) is 37.2. The molecule has 0 atom stereocenters. The van der Waals surface area contributed by atoms with E-state index in [0.717, 1.165) is 38.7 Å². The third-order valence-corrected chi connectivity index (χ3v) is 9.85. The summed E-state index contributed by atoms with van der Waals surface area (Å²) in [4.78, 5) is 0. The van der Waals surface area contributed by atoms with Gasteiger partial charge in [-0.05, 0) is 79.9 Å². The minimum absolute atomic E-state index is 0.741. The minimum atomic E-state index is -0.930. The lowest BCUT2D eigenvalue weighted by Gasteiger charge is -2.26. The molecule has 0 aliphatic heterocycles. The van der Waals surface area contributed by atoms with Crippen molar-refractivity contribution in [3.63, 3.8) is 0 Å². The standard InChI is InChI=1S/C36H33N2P/c1-22-15-23(2)18-28(17-22)39(29-19-24(3)16-25(4)20-29)33-21-27-10-6-8-12-31(27)35(36(33)38)34-30-11-7-5-9-26(30)13-14-32(34)37/h5-21H,37-38H2,1-4H3. The highest BCUT2D eigenvalue weighted by Gasteiger charge is 2.25. The Hall–Kier alpha value is -4.13. The fraction of sp³-hybridized carbons (Fsp3) is 0.111. The van der Waals surface area contributed by atoms with Crippen LogP contribution in [0.4, 0.5) is 11.4 Å². The average Bonchev–Trinajstić information content (AvgIpc) is 2.89. The van der Waals surface area contributed by atoms with E-state index in [0.29, 0.717) is 0 Å². The van der Waals surface area contributed by atoms with Gasteiger partial charge in [-0.25, -0.2) is 0 Å². The maximum Gasteiger partial charge on any atom is 0.0486 e. The Labute approximate surface area is 232 Å². The lowest BCUT2D eigenvalue weighted by molar-refractivity contribution is 1.40. The molecule has 0 unspecified atom stereocenters. The Balaban J connectivity index is 1.75. The van der Waals surface area contributed by atoms with Crippen molar-refractivity contribution in [3.8, 4) is 11.1 Å². The molecule has 0 amide bonds. The topological polar surface area (TPSA) is 52.0 Å². The number of benzene rings is 6. The maximum atomic E-state index is 7.33. The number of hydrogen-bond donors (Lipinski definition) is 2. The van der Waals surface area contributed by atoms with Gasteiger partial charge in [0, 0.05) is 27.8 Å². The SMILES string of the molecule is Cc1cc(C)cc(P(c2cc(C)cc(C)c2)c2cc3ccccc3c(-c3c(N)ccc4ccccc34)c2N)c1. The summed E-state index contributed by atoms with van der Waals surface area (Å²) in [5.74, 6) is 0. The number of nitrogen functional groups attached to an aromatic ring is 2. The predicted molar refractivity (Wildman–Crippen MR) is 173 cm³/mol. The summed E-state index contributed by atoms with van der Waals surface area (Å²) in [6.45, 7) is 8.71. The molecule has 0 radical (unpaired) electrons. The van der Waals surface area contributed by atoms with Gasteiger partial charge in [0.05, 0.1) is 0 Å². The quantitative estimate of drug-likeness (QED) is 0.182. The molecule has 2 nitrogen and oxygen atoms in total. The maximum absolute atomic E-state index is 7.33. The van der Waals surface area contributed by atoms with Crippen LogP contribution in [0.2, 0.25) is 0 Å². The van der Waals surface area contributed by atoms with Crippen LogP contribution in [0, 0.1) is 27.7 Å². The van der Waals surface area contributed by atoms with Crippen molar-refractivity contribution in [2.45, 2.75) is 27.7 Å². The smallest absolute Gasteiger partial charge is 0.0486 e. The highest BCUT2D eigenvalue weighted by atomic mass is 31.1. The van der Waals surface area contributed by atoms with E-state index < -0.39 is 7.92 Å². The van der Waals surface area contributed by atoms with Gasteiger partial charge in [-0.3, -0.25) is 0 Å². The number of fused-ring (bicyclic) bond motifs is 2. The molecule has 192 valence electrons. The predicted octanol–water partition coefficient (Wildman–Crippen LogP) is 7.82. The Bertz CT molecular complexity index is 1790. The fourth-order valence-electron chi connectivity index (χ4n) is 5.96. The number of aryl methyl sites for hydroxylation is 4.